The van der Waals surface area contributed by atoms with E-state index in [2.05, 4.69) is 31.2 Å². The molecular formula is C17H24. The van der Waals surface area contributed by atoms with Gasteiger partial charge in [-0.15, -0.1) is 0 Å². The van der Waals surface area contributed by atoms with Crippen LogP contribution in [0.4, 0.5) is 0 Å². The summed E-state index contributed by atoms with van der Waals surface area (Å²) < 4.78 is 0. The first kappa shape index (κ1) is 11.3. The van der Waals surface area contributed by atoms with Gasteiger partial charge in [-0.3, -0.25) is 0 Å². The summed E-state index contributed by atoms with van der Waals surface area (Å²) in [5.41, 5.74) is 3.96. The van der Waals surface area contributed by atoms with E-state index in [0.29, 0.717) is 5.41 Å². The second kappa shape index (κ2) is 4.48. The molecule has 1 unspecified atom stereocenters. The summed E-state index contributed by atoms with van der Waals surface area (Å²) in [5, 5.41) is 0. The van der Waals surface area contributed by atoms with Crippen LogP contribution in [0, 0.1) is 11.3 Å². The lowest BCUT2D eigenvalue weighted by Crippen LogP contribution is -2.25. The largest absolute Gasteiger partial charge is 0.0651 e. The van der Waals surface area contributed by atoms with Gasteiger partial charge in [0.1, 0.15) is 0 Å². The first-order valence-electron chi connectivity index (χ1n) is 7.41. The van der Waals surface area contributed by atoms with Crippen molar-refractivity contribution in [2.24, 2.45) is 11.3 Å². The van der Waals surface area contributed by atoms with E-state index < -0.39 is 0 Å². The van der Waals surface area contributed by atoms with Gasteiger partial charge < -0.3 is 0 Å². The molecule has 92 valence electrons. The van der Waals surface area contributed by atoms with Gasteiger partial charge in [-0.25, -0.2) is 0 Å². The van der Waals surface area contributed by atoms with Gasteiger partial charge in [0.15, 0.2) is 0 Å². The van der Waals surface area contributed by atoms with Crippen molar-refractivity contribution in [3.63, 3.8) is 0 Å². The number of benzene rings is 1. The first-order valence-corrected chi connectivity index (χ1v) is 7.41. The van der Waals surface area contributed by atoms with Gasteiger partial charge in [-0.05, 0) is 61.0 Å². The average molecular weight is 228 g/mol. The highest BCUT2D eigenvalue weighted by Crippen LogP contribution is 2.52. The fourth-order valence-corrected chi connectivity index (χ4v) is 4.44. The summed E-state index contributed by atoms with van der Waals surface area (Å²) in [7, 11) is 0. The molecule has 1 saturated carbocycles. The Morgan fingerprint density at radius 1 is 1.06 bits per heavy atom. The molecule has 0 saturated heterocycles. The van der Waals surface area contributed by atoms with Crippen molar-refractivity contribution in [1.29, 1.82) is 0 Å². The number of rotatable bonds is 1. The number of aryl methyl sites for hydroxylation is 2. The van der Waals surface area contributed by atoms with Gasteiger partial charge >= 0.3 is 0 Å². The zero-order valence-corrected chi connectivity index (χ0v) is 11.0. The minimum atomic E-state index is 0.702. The Bertz CT molecular complexity index is 364. The topological polar surface area (TPSA) is 0 Å². The van der Waals surface area contributed by atoms with Crippen LogP contribution in [0.3, 0.4) is 0 Å². The summed E-state index contributed by atoms with van der Waals surface area (Å²) >= 11 is 0. The maximum atomic E-state index is 2.40. The molecule has 2 aliphatic rings. The molecule has 0 amide bonds. The van der Waals surface area contributed by atoms with Crippen molar-refractivity contribution >= 4 is 0 Å². The fraction of sp³-hybridized carbons (Fsp3) is 0.647. The Balaban J connectivity index is 1.85. The van der Waals surface area contributed by atoms with Crippen LogP contribution in [0.5, 0.6) is 0 Å². The molecule has 0 bridgehead atoms. The zero-order valence-electron chi connectivity index (χ0n) is 11.0. The predicted octanol–water partition coefficient (Wildman–Crippen LogP) is 4.76. The minimum Gasteiger partial charge on any atom is -0.0651 e. The van der Waals surface area contributed by atoms with Crippen LogP contribution >= 0.6 is 0 Å². The lowest BCUT2D eigenvalue weighted by Gasteiger charge is -2.34. The highest BCUT2D eigenvalue weighted by atomic mass is 14.5. The van der Waals surface area contributed by atoms with E-state index in [1.807, 2.05) is 0 Å². The average Bonchev–Trinajstić information content (AvgIpc) is 2.68. The molecule has 1 spiro atoms. The molecular weight excluding hydrogens is 204 g/mol. The van der Waals surface area contributed by atoms with Crippen molar-refractivity contribution in [3.05, 3.63) is 35.4 Å². The summed E-state index contributed by atoms with van der Waals surface area (Å²) in [6.45, 7) is 2.40. The van der Waals surface area contributed by atoms with Crippen LogP contribution in [0.1, 0.15) is 56.6 Å². The van der Waals surface area contributed by atoms with Gasteiger partial charge in [0, 0.05) is 0 Å². The smallest absolute Gasteiger partial charge is 0.0263 e. The normalized spacial score (nSPS) is 26.8. The molecule has 0 heteroatoms. The van der Waals surface area contributed by atoms with Crippen LogP contribution in [-0.4, -0.2) is 0 Å². The van der Waals surface area contributed by atoms with Gasteiger partial charge in [0.2, 0.25) is 0 Å². The quantitative estimate of drug-likeness (QED) is 0.650. The highest BCUT2D eigenvalue weighted by molar-refractivity contribution is 5.29. The number of fused-ring (bicyclic) bond motifs is 1. The third kappa shape index (κ3) is 1.92. The third-order valence-corrected chi connectivity index (χ3v) is 5.49. The second-order valence-electron chi connectivity index (χ2n) is 6.13. The molecule has 17 heavy (non-hydrogen) atoms. The predicted molar refractivity (Wildman–Crippen MR) is 73.1 cm³/mol. The third-order valence-electron chi connectivity index (χ3n) is 5.49. The lowest BCUT2D eigenvalue weighted by atomic mass is 9.71. The Morgan fingerprint density at radius 2 is 1.71 bits per heavy atom. The summed E-state index contributed by atoms with van der Waals surface area (Å²) in [5.74, 6) is 1.01. The highest BCUT2D eigenvalue weighted by Gasteiger charge is 2.41. The standard InChI is InChI=1S/C17H24/c1-2-16-8-5-11-17(16)12-9-14-6-3-4-7-15(14)10-13-17/h3-4,6-7,16H,2,5,8-13H2,1H3. The number of hydrogen-bond acceptors (Lipinski definition) is 0. The number of hydrogen-bond donors (Lipinski definition) is 0. The molecule has 2 aliphatic carbocycles. The summed E-state index contributed by atoms with van der Waals surface area (Å²) in [6, 6.07) is 9.13. The SMILES string of the molecule is CCC1CCCC12CCc1ccccc1CC2. The molecule has 1 atom stereocenters. The molecule has 0 radical (unpaired) electrons. The molecule has 1 aromatic carbocycles. The lowest BCUT2D eigenvalue weighted by molar-refractivity contribution is 0.164. The molecule has 0 heterocycles. The van der Waals surface area contributed by atoms with Crippen LogP contribution in [0.25, 0.3) is 0 Å². The van der Waals surface area contributed by atoms with E-state index in [9.17, 15) is 0 Å². The molecule has 0 aromatic heterocycles. The molecule has 3 rings (SSSR count). The maximum absolute atomic E-state index is 2.40. The molecule has 0 aliphatic heterocycles. The minimum absolute atomic E-state index is 0.702. The van der Waals surface area contributed by atoms with Crippen molar-refractivity contribution in [3.8, 4) is 0 Å². The van der Waals surface area contributed by atoms with E-state index in [0.717, 1.165) is 5.92 Å². The monoisotopic (exact) mass is 228 g/mol. The van der Waals surface area contributed by atoms with Crippen molar-refractivity contribution < 1.29 is 0 Å². The van der Waals surface area contributed by atoms with Gasteiger partial charge in [0.25, 0.3) is 0 Å². The van der Waals surface area contributed by atoms with E-state index >= 15 is 0 Å². The first-order chi connectivity index (χ1) is 8.34. The van der Waals surface area contributed by atoms with E-state index in [1.54, 1.807) is 11.1 Å². The fourth-order valence-electron chi connectivity index (χ4n) is 4.44. The van der Waals surface area contributed by atoms with Crippen molar-refractivity contribution in [1.82, 2.24) is 0 Å². The Hall–Kier alpha value is -0.780. The van der Waals surface area contributed by atoms with E-state index in [-0.39, 0.29) is 0 Å². The van der Waals surface area contributed by atoms with Crippen LogP contribution in [-0.2, 0) is 12.8 Å². The Morgan fingerprint density at radius 3 is 2.29 bits per heavy atom. The van der Waals surface area contributed by atoms with Crippen LogP contribution in [0.2, 0.25) is 0 Å². The van der Waals surface area contributed by atoms with Crippen molar-refractivity contribution in [2.45, 2.75) is 58.3 Å². The zero-order chi connectivity index (χ0) is 11.7. The van der Waals surface area contributed by atoms with E-state index in [1.165, 1.54) is 51.4 Å². The molecule has 1 fully saturated rings. The molecule has 0 nitrogen and oxygen atoms in total. The van der Waals surface area contributed by atoms with Gasteiger partial charge in [-0.1, -0.05) is 44.0 Å². The molecule has 0 N–H and O–H groups in total. The van der Waals surface area contributed by atoms with Gasteiger partial charge in [-0.2, -0.15) is 0 Å². The second-order valence-corrected chi connectivity index (χ2v) is 6.13. The summed E-state index contributed by atoms with van der Waals surface area (Å²) in [4.78, 5) is 0. The summed E-state index contributed by atoms with van der Waals surface area (Å²) in [6.07, 6.45) is 11.4. The van der Waals surface area contributed by atoms with Crippen molar-refractivity contribution in [2.75, 3.05) is 0 Å². The maximum Gasteiger partial charge on any atom is -0.0263 e. The Kier molecular flexibility index (Phi) is 2.98. The molecule has 1 aromatic rings. The van der Waals surface area contributed by atoms with E-state index in [4.69, 9.17) is 0 Å². The van der Waals surface area contributed by atoms with Crippen LogP contribution < -0.4 is 0 Å². The van der Waals surface area contributed by atoms with Gasteiger partial charge in [0.05, 0.1) is 0 Å². The Labute approximate surface area is 105 Å². The van der Waals surface area contributed by atoms with Crippen LogP contribution in [0.15, 0.2) is 24.3 Å².